The number of hydrogen-bond donors (Lipinski definition) is 1. The van der Waals surface area contributed by atoms with Gasteiger partial charge in [-0.05, 0) is 26.3 Å². The van der Waals surface area contributed by atoms with Crippen LogP contribution in [0.1, 0.15) is 27.2 Å². The van der Waals surface area contributed by atoms with Crippen LogP contribution in [0.2, 0.25) is 0 Å². The summed E-state index contributed by atoms with van der Waals surface area (Å²) in [5, 5.41) is 0. The Bertz CT molecular complexity index is 178. The van der Waals surface area contributed by atoms with Crippen LogP contribution in [-0.4, -0.2) is 43.8 Å². The Labute approximate surface area is 94.0 Å². The van der Waals surface area contributed by atoms with Crippen LogP contribution in [0, 0.1) is 11.8 Å². The van der Waals surface area contributed by atoms with Crippen LogP contribution in [0.25, 0.3) is 0 Å². The van der Waals surface area contributed by atoms with Gasteiger partial charge in [-0.1, -0.05) is 13.8 Å². The Hall–Kier alpha value is -0.120. The number of nitrogens with two attached hydrogens (primary N) is 1. The lowest BCUT2D eigenvalue weighted by atomic mass is 9.94. The van der Waals surface area contributed by atoms with E-state index in [0.717, 1.165) is 26.2 Å². The second-order valence-electron chi connectivity index (χ2n) is 5.08. The quantitative estimate of drug-likeness (QED) is 0.750. The van der Waals surface area contributed by atoms with Crippen molar-refractivity contribution in [3.8, 4) is 0 Å². The van der Waals surface area contributed by atoms with E-state index < -0.39 is 0 Å². The maximum absolute atomic E-state index is 5.89. The maximum atomic E-state index is 5.89. The first-order chi connectivity index (χ1) is 7.07. The smallest absolute Gasteiger partial charge is 0.0510 e. The third-order valence-corrected chi connectivity index (χ3v) is 3.88. The van der Waals surface area contributed by atoms with Crippen LogP contribution in [0.15, 0.2) is 0 Å². The van der Waals surface area contributed by atoms with E-state index in [1.54, 1.807) is 0 Å². The van der Waals surface area contributed by atoms with Crippen molar-refractivity contribution < 1.29 is 4.74 Å². The lowest BCUT2D eigenvalue weighted by Gasteiger charge is -2.37. The van der Waals surface area contributed by atoms with Crippen molar-refractivity contribution in [2.24, 2.45) is 17.6 Å². The van der Waals surface area contributed by atoms with Crippen LogP contribution in [-0.2, 0) is 4.74 Å². The molecule has 2 N–H and O–H groups in total. The molecule has 0 spiro atoms. The molecule has 0 saturated carbocycles. The Balaban J connectivity index is 2.56. The van der Waals surface area contributed by atoms with Gasteiger partial charge in [-0.3, -0.25) is 4.90 Å². The summed E-state index contributed by atoms with van der Waals surface area (Å²) in [5.74, 6) is 1.30. The molecule has 1 rings (SSSR count). The predicted molar refractivity (Wildman–Crippen MR) is 63.8 cm³/mol. The molecule has 1 heterocycles. The van der Waals surface area contributed by atoms with E-state index in [0.29, 0.717) is 23.9 Å². The van der Waals surface area contributed by atoms with Crippen molar-refractivity contribution in [3.63, 3.8) is 0 Å². The molecule has 3 atom stereocenters. The summed E-state index contributed by atoms with van der Waals surface area (Å²) in [5.41, 5.74) is 5.89. The van der Waals surface area contributed by atoms with Gasteiger partial charge in [0.2, 0.25) is 0 Å². The largest absolute Gasteiger partial charge is 0.381 e. The van der Waals surface area contributed by atoms with E-state index in [1.807, 2.05) is 0 Å². The fraction of sp³-hybridized carbons (Fsp3) is 1.00. The van der Waals surface area contributed by atoms with Gasteiger partial charge in [0.25, 0.3) is 0 Å². The Morgan fingerprint density at radius 3 is 2.47 bits per heavy atom. The minimum absolute atomic E-state index is 0.477. The second-order valence-corrected chi connectivity index (χ2v) is 5.08. The molecular weight excluding hydrogens is 188 g/mol. The highest BCUT2D eigenvalue weighted by Crippen LogP contribution is 2.22. The Morgan fingerprint density at radius 2 is 2.07 bits per heavy atom. The molecule has 3 heteroatoms. The first kappa shape index (κ1) is 12.9. The van der Waals surface area contributed by atoms with Gasteiger partial charge in [-0.2, -0.15) is 0 Å². The van der Waals surface area contributed by atoms with Crippen LogP contribution in [0.4, 0.5) is 0 Å². The molecule has 0 radical (unpaired) electrons. The zero-order chi connectivity index (χ0) is 11.4. The monoisotopic (exact) mass is 214 g/mol. The molecule has 90 valence electrons. The molecule has 15 heavy (non-hydrogen) atoms. The predicted octanol–water partition coefficient (Wildman–Crippen LogP) is 1.33. The summed E-state index contributed by atoms with van der Waals surface area (Å²) < 4.78 is 5.45. The van der Waals surface area contributed by atoms with Crippen molar-refractivity contribution in [1.82, 2.24) is 4.90 Å². The first-order valence-corrected chi connectivity index (χ1v) is 6.07. The molecule has 1 saturated heterocycles. The van der Waals surface area contributed by atoms with Crippen LogP contribution in [0.5, 0.6) is 0 Å². The van der Waals surface area contributed by atoms with Gasteiger partial charge in [0.1, 0.15) is 0 Å². The maximum Gasteiger partial charge on any atom is 0.0510 e. The van der Waals surface area contributed by atoms with Crippen LogP contribution in [0.3, 0.4) is 0 Å². The van der Waals surface area contributed by atoms with Gasteiger partial charge in [-0.15, -0.1) is 0 Å². The fourth-order valence-corrected chi connectivity index (χ4v) is 2.32. The van der Waals surface area contributed by atoms with Gasteiger partial charge in [0, 0.05) is 31.2 Å². The summed E-state index contributed by atoms with van der Waals surface area (Å²) in [7, 11) is 2.19. The van der Waals surface area contributed by atoms with Crippen molar-refractivity contribution in [1.29, 1.82) is 0 Å². The molecule has 0 aliphatic carbocycles. The molecule has 3 nitrogen and oxygen atoms in total. The number of nitrogens with zero attached hydrogens (tertiary/aromatic N) is 1. The number of rotatable bonds is 5. The third-order valence-electron chi connectivity index (χ3n) is 3.88. The normalized spacial score (nSPS) is 26.2. The molecule has 0 aromatic heterocycles. The minimum Gasteiger partial charge on any atom is -0.381 e. The lowest BCUT2D eigenvalue weighted by molar-refractivity contribution is 0.0967. The first-order valence-electron chi connectivity index (χ1n) is 6.07. The number of ether oxygens (including phenoxy) is 1. The number of likely N-dealkylation sites (N-methyl/N-ethyl adjacent to an activating group) is 1. The van der Waals surface area contributed by atoms with E-state index in [-0.39, 0.29) is 0 Å². The summed E-state index contributed by atoms with van der Waals surface area (Å²) in [6, 6.07) is 1.06. The third kappa shape index (κ3) is 3.16. The highest BCUT2D eigenvalue weighted by atomic mass is 16.5. The van der Waals surface area contributed by atoms with Crippen LogP contribution >= 0.6 is 0 Å². The van der Waals surface area contributed by atoms with E-state index >= 15 is 0 Å². The van der Waals surface area contributed by atoms with E-state index in [2.05, 4.69) is 32.7 Å². The standard InChI is InChI=1S/C12H26N2O/c1-9(2)10(3)14(4)12(7-13)11-5-6-15-8-11/h9-12H,5-8,13H2,1-4H3. The summed E-state index contributed by atoms with van der Waals surface area (Å²) in [4.78, 5) is 2.43. The molecule has 1 aliphatic heterocycles. The highest BCUT2D eigenvalue weighted by molar-refractivity contribution is 4.84. The molecule has 1 aliphatic rings. The summed E-state index contributed by atoms with van der Waals surface area (Å²) >= 11 is 0. The minimum atomic E-state index is 0.477. The van der Waals surface area contributed by atoms with Gasteiger partial charge < -0.3 is 10.5 Å². The average molecular weight is 214 g/mol. The Morgan fingerprint density at radius 1 is 1.40 bits per heavy atom. The Kier molecular flexibility index (Phi) is 5.03. The molecule has 0 aromatic rings. The van der Waals surface area contributed by atoms with Crippen molar-refractivity contribution in [3.05, 3.63) is 0 Å². The molecule has 1 fully saturated rings. The van der Waals surface area contributed by atoms with E-state index in [4.69, 9.17) is 10.5 Å². The SMILES string of the molecule is CC(C)C(C)N(C)C(CN)C1CCOC1. The molecule has 0 aromatic carbocycles. The molecule has 0 bridgehead atoms. The average Bonchev–Trinajstić information content (AvgIpc) is 2.70. The van der Waals surface area contributed by atoms with Crippen molar-refractivity contribution >= 4 is 0 Å². The molecular formula is C12H26N2O. The summed E-state index contributed by atoms with van der Waals surface area (Å²) in [6.07, 6.45) is 1.16. The summed E-state index contributed by atoms with van der Waals surface area (Å²) in [6.45, 7) is 9.34. The second kappa shape index (κ2) is 5.83. The molecule has 0 amide bonds. The van der Waals surface area contributed by atoms with E-state index in [9.17, 15) is 0 Å². The van der Waals surface area contributed by atoms with Gasteiger partial charge >= 0.3 is 0 Å². The lowest BCUT2D eigenvalue weighted by Crippen LogP contribution is -2.49. The van der Waals surface area contributed by atoms with Crippen LogP contribution < -0.4 is 5.73 Å². The van der Waals surface area contributed by atoms with E-state index in [1.165, 1.54) is 0 Å². The fourth-order valence-electron chi connectivity index (χ4n) is 2.32. The van der Waals surface area contributed by atoms with Gasteiger partial charge in [-0.25, -0.2) is 0 Å². The zero-order valence-corrected chi connectivity index (χ0v) is 10.6. The highest BCUT2D eigenvalue weighted by Gasteiger charge is 2.30. The number of hydrogen-bond acceptors (Lipinski definition) is 3. The zero-order valence-electron chi connectivity index (χ0n) is 10.6. The topological polar surface area (TPSA) is 38.5 Å². The van der Waals surface area contributed by atoms with Crippen molar-refractivity contribution in [2.45, 2.75) is 39.3 Å². The molecule has 3 unspecified atom stereocenters. The van der Waals surface area contributed by atoms with Crippen molar-refractivity contribution in [2.75, 3.05) is 26.8 Å². The van der Waals surface area contributed by atoms with Gasteiger partial charge in [0.05, 0.1) is 6.61 Å². The van der Waals surface area contributed by atoms with Gasteiger partial charge in [0.15, 0.2) is 0 Å².